The van der Waals surface area contributed by atoms with E-state index in [0.717, 1.165) is 18.2 Å². The number of rotatable bonds is 6. The van der Waals surface area contributed by atoms with Crippen molar-refractivity contribution in [1.82, 2.24) is 0 Å². The van der Waals surface area contributed by atoms with Gasteiger partial charge in [-0.15, -0.1) is 0 Å². The molecule has 0 N–H and O–H groups in total. The van der Waals surface area contributed by atoms with E-state index in [0.29, 0.717) is 19.8 Å². The first-order chi connectivity index (χ1) is 8.88. The van der Waals surface area contributed by atoms with Crippen LogP contribution < -0.4 is 0 Å². The monoisotopic (exact) mass is 314 g/mol. The molecule has 0 amide bonds. The SMILES string of the molecule is BrCCO[C@H]1CC[C@@H](OCc2ccccc2)CO1. The zero-order valence-electron chi connectivity index (χ0n) is 10.4. The maximum Gasteiger partial charge on any atom is 0.157 e. The molecule has 18 heavy (non-hydrogen) atoms. The number of ether oxygens (including phenoxy) is 3. The van der Waals surface area contributed by atoms with Crippen LogP contribution in [0.2, 0.25) is 0 Å². The highest BCUT2D eigenvalue weighted by molar-refractivity contribution is 9.09. The fourth-order valence-electron chi connectivity index (χ4n) is 1.93. The van der Waals surface area contributed by atoms with Crippen LogP contribution in [0.4, 0.5) is 0 Å². The molecule has 0 aliphatic carbocycles. The smallest absolute Gasteiger partial charge is 0.157 e. The van der Waals surface area contributed by atoms with Gasteiger partial charge in [-0.05, 0) is 12.0 Å². The lowest BCUT2D eigenvalue weighted by Gasteiger charge is -2.28. The van der Waals surface area contributed by atoms with Gasteiger partial charge in [0.2, 0.25) is 0 Å². The molecule has 0 spiro atoms. The molecule has 0 radical (unpaired) electrons. The summed E-state index contributed by atoms with van der Waals surface area (Å²) in [6.07, 6.45) is 2.04. The zero-order chi connectivity index (χ0) is 12.6. The number of alkyl halides is 1. The largest absolute Gasteiger partial charge is 0.371 e. The normalized spacial score (nSPS) is 24.1. The lowest BCUT2D eigenvalue weighted by molar-refractivity contribution is -0.193. The van der Waals surface area contributed by atoms with Crippen LogP contribution in [0, 0.1) is 0 Å². The number of benzene rings is 1. The molecular formula is C14H19BrO3. The van der Waals surface area contributed by atoms with Crippen molar-refractivity contribution in [2.45, 2.75) is 31.8 Å². The molecule has 1 aliphatic heterocycles. The molecule has 3 nitrogen and oxygen atoms in total. The average Bonchev–Trinajstić information content (AvgIpc) is 2.45. The molecule has 0 aromatic heterocycles. The van der Waals surface area contributed by atoms with Gasteiger partial charge < -0.3 is 14.2 Å². The number of halogens is 1. The summed E-state index contributed by atoms with van der Waals surface area (Å²) in [7, 11) is 0. The van der Waals surface area contributed by atoms with Gasteiger partial charge in [0.25, 0.3) is 0 Å². The Bertz CT molecular complexity index is 323. The van der Waals surface area contributed by atoms with Gasteiger partial charge in [0.05, 0.1) is 25.9 Å². The van der Waals surface area contributed by atoms with Gasteiger partial charge in [-0.25, -0.2) is 0 Å². The number of hydrogen-bond acceptors (Lipinski definition) is 3. The average molecular weight is 315 g/mol. The topological polar surface area (TPSA) is 27.7 Å². The third-order valence-electron chi connectivity index (χ3n) is 2.90. The Morgan fingerprint density at radius 2 is 2.00 bits per heavy atom. The van der Waals surface area contributed by atoms with Crippen molar-refractivity contribution in [2.24, 2.45) is 0 Å². The summed E-state index contributed by atoms with van der Waals surface area (Å²) in [6, 6.07) is 10.2. The Morgan fingerprint density at radius 1 is 1.17 bits per heavy atom. The van der Waals surface area contributed by atoms with E-state index in [-0.39, 0.29) is 12.4 Å². The summed E-state index contributed by atoms with van der Waals surface area (Å²) in [6.45, 7) is 1.97. The first-order valence-electron chi connectivity index (χ1n) is 6.33. The van der Waals surface area contributed by atoms with Crippen LogP contribution in [0.5, 0.6) is 0 Å². The van der Waals surface area contributed by atoms with Crippen molar-refractivity contribution in [3.8, 4) is 0 Å². The molecule has 1 heterocycles. The molecule has 2 rings (SSSR count). The summed E-state index contributed by atoms with van der Waals surface area (Å²) in [5, 5.41) is 0.848. The molecule has 4 heteroatoms. The van der Waals surface area contributed by atoms with Crippen LogP contribution in [0.25, 0.3) is 0 Å². The second-order valence-corrected chi connectivity index (χ2v) is 5.11. The van der Waals surface area contributed by atoms with Crippen molar-refractivity contribution in [3.63, 3.8) is 0 Å². The molecule has 100 valence electrons. The molecular weight excluding hydrogens is 296 g/mol. The van der Waals surface area contributed by atoms with Crippen LogP contribution in [-0.4, -0.2) is 30.9 Å². The molecule has 1 aromatic carbocycles. The molecule has 1 fully saturated rings. The molecule has 1 aromatic rings. The first-order valence-corrected chi connectivity index (χ1v) is 7.45. The van der Waals surface area contributed by atoms with Crippen molar-refractivity contribution in [1.29, 1.82) is 0 Å². The predicted octanol–water partition coefficient (Wildman–Crippen LogP) is 3.12. The van der Waals surface area contributed by atoms with Gasteiger partial charge in [-0.3, -0.25) is 0 Å². The number of hydrogen-bond donors (Lipinski definition) is 0. The predicted molar refractivity (Wildman–Crippen MR) is 73.7 cm³/mol. The molecule has 0 bridgehead atoms. The second-order valence-electron chi connectivity index (χ2n) is 4.32. The van der Waals surface area contributed by atoms with Crippen molar-refractivity contribution < 1.29 is 14.2 Å². The highest BCUT2D eigenvalue weighted by Gasteiger charge is 2.22. The highest BCUT2D eigenvalue weighted by atomic mass is 79.9. The maximum atomic E-state index is 5.83. The standard InChI is InChI=1S/C14H19BrO3/c15-8-9-16-14-7-6-13(11-18-14)17-10-12-4-2-1-3-5-12/h1-5,13-14H,6-11H2/t13-,14-/m1/s1. The van der Waals surface area contributed by atoms with E-state index in [2.05, 4.69) is 28.1 Å². The third-order valence-corrected chi connectivity index (χ3v) is 3.23. The highest BCUT2D eigenvalue weighted by Crippen LogP contribution is 2.18. The van der Waals surface area contributed by atoms with E-state index in [1.807, 2.05) is 18.2 Å². The molecule has 1 saturated heterocycles. The van der Waals surface area contributed by atoms with Crippen molar-refractivity contribution in [3.05, 3.63) is 35.9 Å². The van der Waals surface area contributed by atoms with E-state index < -0.39 is 0 Å². The van der Waals surface area contributed by atoms with E-state index in [9.17, 15) is 0 Å². The van der Waals surface area contributed by atoms with E-state index in [1.54, 1.807) is 0 Å². The first kappa shape index (κ1) is 14.0. The van der Waals surface area contributed by atoms with Gasteiger partial charge in [0.15, 0.2) is 6.29 Å². The third kappa shape index (κ3) is 4.69. The molecule has 2 atom stereocenters. The van der Waals surface area contributed by atoms with Gasteiger partial charge in [-0.1, -0.05) is 46.3 Å². The lowest BCUT2D eigenvalue weighted by atomic mass is 10.1. The second kappa shape index (κ2) is 7.89. The van der Waals surface area contributed by atoms with Gasteiger partial charge in [0, 0.05) is 11.8 Å². The van der Waals surface area contributed by atoms with E-state index in [4.69, 9.17) is 14.2 Å². The Morgan fingerprint density at radius 3 is 2.67 bits per heavy atom. The summed E-state index contributed by atoms with van der Waals surface area (Å²) >= 11 is 3.33. The zero-order valence-corrected chi connectivity index (χ0v) is 12.0. The quantitative estimate of drug-likeness (QED) is 0.755. The van der Waals surface area contributed by atoms with E-state index in [1.165, 1.54) is 5.56 Å². The van der Waals surface area contributed by atoms with Gasteiger partial charge >= 0.3 is 0 Å². The fourth-order valence-corrected chi connectivity index (χ4v) is 2.12. The van der Waals surface area contributed by atoms with Crippen LogP contribution in [0.1, 0.15) is 18.4 Å². The minimum absolute atomic E-state index is 0.0564. The minimum atomic E-state index is -0.0564. The van der Waals surface area contributed by atoms with Crippen LogP contribution in [0.15, 0.2) is 30.3 Å². The Labute approximate surface area is 117 Å². The minimum Gasteiger partial charge on any atom is -0.371 e. The molecule has 1 aliphatic rings. The Hall–Kier alpha value is -0.420. The lowest BCUT2D eigenvalue weighted by Crippen LogP contribution is -2.33. The van der Waals surface area contributed by atoms with Crippen LogP contribution >= 0.6 is 15.9 Å². The molecule has 0 unspecified atom stereocenters. The summed E-state index contributed by atoms with van der Waals surface area (Å²) < 4.78 is 17.0. The fraction of sp³-hybridized carbons (Fsp3) is 0.571. The summed E-state index contributed by atoms with van der Waals surface area (Å²) in [4.78, 5) is 0. The maximum absolute atomic E-state index is 5.83. The summed E-state index contributed by atoms with van der Waals surface area (Å²) in [5.41, 5.74) is 1.20. The Balaban J connectivity index is 1.65. The van der Waals surface area contributed by atoms with Crippen molar-refractivity contribution in [2.75, 3.05) is 18.5 Å². The molecule has 0 saturated carbocycles. The summed E-state index contributed by atoms with van der Waals surface area (Å²) in [5.74, 6) is 0. The Kier molecular flexibility index (Phi) is 6.14. The van der Waals surface area contributed by atoms with E-state index >= 15 is 0 Å². The van der Waals surface area contributed by atoms with Crippen LogP contribution in [-0.2, 0) is 20.8 Å². The van der Waals surface area contributed by atoms with Crippen molar-refractivity contribution >= 4 is 15.9 Å². The van der Waals surface area contributed by atoms with Crippen LogP contribution in [0.3, 0.4) is 0 Å². The van der Waals surface area contributed by atoms with Gasteiger partial charge in [-0.2, -0.15) is 0 Å². The van der Waals surface area contributed by atoms with Gasteiger partial charge in [0.1, 0.15) is 0 Å².